The number of benzene rings is 4. The van der Waals surface area contributed by atoms with E-state index < -0.39 is 135 Å². The number of halogens is 9. The predicted octanol–water partition coefficient (Wildman–Crippen LogP) is 5.67. The standard InChI is InChI=1S/C15H19F2NO4.C10H9F2NO4.C9H7F2NO4.C7H5F2NO2.C3H5BrO2.CH4/c1-2-3-8-22-12(19)5-4-9-21-11-7-6-10(16)13(14(11)17)15(18)20;1-16-7(14)4-17-6-3-2-5(11)8(9(6)12)10(13)15;10-4-1-2-5(16-3-6(13)14)8(11)7(4)9(12)15;8-3-1-2-4(11)6(9)5(3)7(10)12;1-6-3(5)2-4;/h6-7H,2-5,8-9H2,1H3,(H2,18,20);2-3H,4H2,1H3,(H2,13,15);1-2H,3H2,(H2,12,15)(H,13,14);1-2,11H,(H2,10,12);2H2,1H3;1H4. The molecule has 0 bridgehead atoms. The molecule has 0 fully saturated rings. The van der Waals surface area contributed by atoms with Crippen LogP contribution in [0.5, 0.6) is 23.0 Å². The first-order valence-corrected chi connectivity index (χ1v) is 21.1. The van der Waals surface area contributed by atoms with E-state index in [0.717, 1.165) is 68.5 Å². The Morgan fingerprint density at radius 1 is 0.514 bits per heavy atom. The number of phenols is 1. The van der Waals surface area contributed by atoms with Gasteiger partial charge in [-0.2, -0.15) is 0 Å². The number of rotatable bonds is 19. The van der Waals surface area contributed by atoms with Crippen LogP contribution in [-0.2, 0) is 33.4 Å². The molecule has 4 amide bonds. The lowest BCUT2D eigenvalue weighted by Crippen LogP contribution is -2.18. The fraction of sp³-hybridized carbons (Fsp3) is 0.289. The Kier molecular flexibility index (Phi) is 32.1. The van der Waals surface area contributed by atoms with Crippen LogP contribution < -0.4 is 37.1 Å². The van der Waals surface area contributed by atoms with Gasteiger partial charge in [-0.3, -0.25) is 28.8 Å². The van der Waals surface area contributed by atoms with Crippen LogP contribution in [0.4, 0.5) is 35.1 Å². The number of ether oxygens (including phenoxy) is 6. The van der Waals surface area contributed by atoms with Gasteiger partial charge < -0.3 is 61.6 Å². The number of nitrogens with two attached hydrogens (primary N) is 4. The minimum absolute atomic E-state index is 0. The molecule has 0 unspecified atom stereocenters. The van der Waals surface area contributed by atoms with Crippen molar-refractivity contribution in [1.29, 1.82) is 0 Å². The van der Waals surface area contributed by atoms with Crippen molar-refractivity contribution in [3.63, 3.8) is 0 Å². The number of carbonyl (C=O) groups excluding carboxylic acids is 7. The highest BCUT2D eigenvalue weighted by Gasteiger charge is 2.22. The Bertz CT molecular complexity index is 2590. The van der Waals surface area contributed by atoms with Crippen molar-refractivity contribution in [1.82, 2.24) is 0 Å². The zero-order valence-corrected chi connectivity index (χ0v) is 39.9. The molecule has 29 heteroatoms. The second-order valence-electron chi connectivity index (χ2n) is 13.2. The van der Waals surface area contributed by atoms with E-state index in [0.29, 0.717) is 13.0 Å². The Morgan fingerprint density at radius 3 is 1.20 bits per heavy atom. The van der Waals surface area contributed by atoms with Gasteiger partial charge in [0, 0.05) is 6.42 Å². The Balaban J connectivity index is 0. The highest BCUT2D eigenvalue weighted by Crippen LogP contribution is 2.26. The van der Waals surface area contributed by atoms with Crippen molar-refractivity contribution in [2.75, 3.05) is 46.0 Å². The quantitative estimate of drug-likeness (QED) is 0.0217. The fourth-order valence-corrected chi connectivity index (χ4v) is 4.80. The number of methoxy groups -OCH3 is 2. The summed E-state index contributed by atoms with van der Waals surface area (Å²) in [6.45, 7) is 1.03. The third-order valence-electron chi connectivity index (χ3n) is 8.03. The fourth-order valence-electron chi connectivity index (χ4n) is 4.57. The van der Waals surface area contributed by atoms with Gasteiger partial charge in [0.25, 0.3) is 23.6 Å². The van der Waals surface area contributed by atoms with E-state index in [9.17, 15) is 73.5 Å². The molecule has 0 aromatic heterocycles. The molecule has 10 N–H and O–H groups in total. The predicted molar refractivity (Wildman–Crippen MR) is 245 cm³/mol. The molecule has 4 aromatic carbocycles. The van der Waals surface area contributed by atoms with Crippen LogP contribution in [0.25, 0.3) is 0 Å². The summed E-state index contributed by atoms with van der Waals surface area (Å²) in [5, 5.41) is 17.3. The Hall–Kier alpha value is -8.24. The topological polar surface area (TPSA) is 336 Å². The smallest absolute Gasteiger partial charge is 0.343 e. The van der Waals surface area contributed by atoms with Gasteiger partial charge in [-0.15, -0.1) is 0 Å². The van der Waals surface area contributed by atoms with Gasteiger partial charge in [-0.05, 0) is 61.4 Å². The molecule has 0 spiro atoms. The van der Waals surface area contributed by atoms with E-state index in [4.69, 9.17) is 41.6 Å². The number of hydrogen-bond donors (Lipinski definition) is 6. The van der Waals surface area contributed by atoms with Crippen LogP contribution in [0.15, 0.2) is 48.5 Å². The molecule has 0 radical (unpaired) electrons. The van der Waals surface area contributed by atoms with Crippen LogP contribution in [0.3, 0.4) is 0 Å². The van der Waals surface area contributed by atoms with Crippen molar-refractivity contribution in [2.45, 2.75) is 40.0 Å². The van der Waals surface area contributed by atoms with Crippen LogP contribution >= 0.6 is 15.9 Å². The number of amides is 4. The number of unbranched alkanes of at least 4 members (excludes halogenated alkanes) is 1. The molecule has 0 atom stereocenters. The summed E-state index contributed by atoms with van der Waals surface area (Å²) >= 11 is 2.90. The Labute approximate surface area is 423 Å². The minimum atomic E-state index is -1.33. The van der Waals surface area contributed by atoms with Crippen molar-refractivity contribution in [2.24, 2.45) is 22.9 Å². The Morgan fingerprint density at radius 2 is 0.878 bits per heavy atom. The number of carboxylic acid groups (broad SMARTS) is 1. The number of esters is 3. The molecule has 0 saturated heterocycles. The summed E-state index contributed by atoms with van der Waals surface area (Å²) in [7, 11) is 2.48. The van der Waals surface area contributed by atoms with Gasteiger partial charge in [0.15, 0.2) is 59.5 Å². The van der Waals surface area contributed by atoms with Crippen molar-refractivity contribution in [3.05, 3.63) is 117 Å². The molecule has 408 valence electrons. The highest BCUT2D eigenvalue weighted by molar-refractivity contribution is 9.09. The summed E-state index contributed by atoms with van der Waals surface area (Å²) in [6, 6.07) is 6.93. The van der Waals surface area contributed by atoms with E-state index in [1.807, 2.05) is 6.92 Å². The van der Waals surface area contributed by atoms with Gasteiger partial charge in [0.2, 0.25) is 0 Å². The SMILES string of the molecule is C.CCCCOC(=O)CCCOc1ccc(F)c(C(N)=O)c1F.COC(=O)CBr.COC(=O)COc1ccc(F)c(C(N)=O)c1F.NC(=O)c1c(F)ccc(O)c1F.NC(=O)c1c(F)ccc(OCC(=O)O)c1F. The summed E-state index contributed by atoms with van der Waals surface area (Å²) in [5.41, 5.74) is 15.5. The highest BCUT2D eigenvalue weighted by atomic mass is 79.9. The first-order valence-electron chi connectivity index (χ1n) is 20.0. The van der Waals surface area contributed by atoms with Gasteiger partial charge >= 0.3 is 23.9 Å². The number of carbonyl (C=O) groups is 8. The summed E-state index contributed by atoms with van der Waals surface area (Å²) in [5.74, 6) is -19.1. The second-order valence-corrected chi connectivity index (χ2v) is 13.8. The van der Waals surface area contributed by atoms with E-state index >= 15 is 0 Å². The molecule has 74 heavy (non-hydrogen) atoms. The lowest BCUT2D eigenvalue weighted by molar-refractivity contribution is -0.144. The lowest BCUT2D eigenvalue weighted by Gasteiger charge is -2.09. The number of hydrogen-bond acceptors (Lipinski definition) is 15. The van der Waals surface area contributed by atoms with Gasteiger partial charge in [-0.25, -0.2) is 44.7 Å². The lowest BCUT2D eigenvalue weighted by atomic mass is 10.1. The minimum Gasteiger partial charge on any atom is -0.505 e. The third kappa shape index (κ3) is 23.3. The van der Waals surface area contributed by atoms with Crippen molar-refractivity contribution < 1.29 is 112 Å². The van der Waals surface area contributed by atoms with Crippen LogP contribution in [0.2, 0.25) is 0 Å². The van der Waals surface area contributed by atoms with Gasteiger partial charge in [0.1, 0.15) is 50.9 Å². The molecule has 4 aromatic rings. The number of carboxylic acids is 1. The zero-order chi connectivity index (χ0) is 56.1. The third-order valence-corrected chi connectivity index (χ3v) is 8.49. The summed E-state index contributed by atoms with van der Waals surface area (Å²) in [6.07, 6.45) is 2.18. The maximum absolute atomic E-state index is 13.8. The summed E-state index contributed by atoms with van der Waals surface area (Å²) < 4.78 is 133. The van der Waals surface area contributed by atoms with E-state index in [1.165, 1.54) is 7.11 Å². The van der Waals surface area contributed by atoms with Crippen LogP contribution in [0.1, 0.15) is 81.5 Å². The van der Waals surface area contributed by atoms with Crippen molar-refractivity contribution in [3.8, 4) is 23.0 Å². The van der Waals surface area contributed by atoms with E-state index in [-0.39, 0.29) is 43.5 Å². The average Bonchev–Trinajstić information content (AvgIpc) is 3.32. The molecule has 0 saturated carbocycles. The molecular formula is C45H49BrF8N4O16. The molecule has 0 heterocycles. The molecular weight excluding hydrogens is 1080 g/mol. The zero-order valence-electron chi connectivity index (χ0n) is 38.3. The number of aliphatic carboxylic acids is 1. The summed E-state index contributed by atoms with van der Waals surface area (Å²) in [4.78, 5) is 85.0. The molecule has 0 aliphatic heterocycles. The van der Waals surface area contributed by atoms with E-state index in [1.54, 1.807) is 0 Å². The molecule has 0 aliphatic rings. The normalized spacial score (nSPS) is 9.68. The van der Waals surface area contributed by atoms with Gasteiger partial charge in [-0.1, -0.05) is 36.7 Å². The first kappa shape index (κ1) is 67.8. The molecule has 0 aliphatic carbocycles. The maximum atomic E-state index is 13.8. The molecule has 20 nitrogen and oxygen atoms in total. The van der Waals surface area contributed by atoms with Crippen molar-refractivity contribution >= 4 is 63.4 Å². The molecule has 4 rings (SSSR count). The second kappa shape index (κ2) is 35.0. The number of primary amides is 4. The van der Waals surface area contributed by atoms with Crippen LogP contribution in [0, 0.1) is 46.5 Å². The largest absolute Gasteiger partial charge is 0.505 e. The monoisotopic (exact) mass is 1130 g/mol. The average molecular weight is 1130 g/mol. The van der Waals surface area contributed by atoms with Crippen LogP contribution in [-0.4, -0.2) is 104 Å². The number of aromatic hydroxyl groups is 1. The van der Waals surface area contributed by atoms with Gasteiger partial charge in [0.05, 0.1) is 27.4 Å². The maximum Gasteiger partial charge on any atom is 0.343 e. The first-order chi connectivity index (χ1) is 34.2. The number of alkyl halides is 1. The van der Waals surface area contributed by atoms with E-state index in [2.05, 4.69) is 35.9 Å². The number of phenolic OH excluding ortho intramolecular Hbond substituents is 1.